The second kappa shape index (κ2) is 12.7. The fraction of sp³-hybridized carbons (Fsp3) is 0.806. The Balaban J connectivity index is 1.93. The van der Waals surface area contributed by atoms with Gasteiger partial charge in [-0.1, -0.05) is 42.7 Å². The first-order valence-corrected chi connectivity index (χ1v) is 14.3. The van der Waals surface area contributed by atoms with Crippen molar-refractivity contribution in [2.75, 3.05) is 0 Å². The van der Waals surface area contributed by atoms with Gasteiger partial charge >= 0.3 is 12.4 Å². The van der Waals surface area contributed by atoms with Crippen molar-refractivity contribution in [3.63, 3.8) is 0 Å². The second-order valence-corrected chi connectivity index (χ2v) is 12.5. The molecule has 0 bridgehead atoms. The van der Waals surface area contributed by atoms with Gasteiger partial charge in [0.1, 0.15) is 0 Å². The van der Waals surface area contributed by atoms with Gasteiger partial charge in [0.2, 0.25) is 0 Å². The molecule has 0 saturated heterocycles. The summed E-state index contributed by atoms with van der Waals surface area (Å²) in [6, 6.07) is 0. The average Bonchev–Trinajstić information content (AvgIpc) is 3.25. The van der Waals surface area contributed by atoms with Crippen molar-refractivity contribution >= 4 is 0 Å². The SMILES string of the molecule is [2H]C([2H])([2H])C(O)(CCC[C@@H](C/C=C/C(O)(C(F)(F)F)C(F)(F)F)[C@H]1CC[C@H]2/C(=C/C=C3C[C@@H](O)C[C@H](O)C3)CCC[C@]12C)C([2H])([2H])[2H]. The minimum Gasteiger partial charge on any atom is -0.393 e. The molecule has 0 heterocycles. The van der Waals surface area contributed by atoms with Gasteiger partial charge in [0.15, 0.2) is 0 Å². The molecule has 41 heavy (non-hydrogen) atoms. The van der Waals surface area contributed by atoms with Gasteiger partial charge in [-0.2, -0.15) is 26.3 Å². The predicted octanol–water partition coefficient (Wildman–Crippen LogP) is 7.32. The summed E-state index contributed by atoms with van der Waals surface area (Å²) in [6.07, 6.45) is -5.73. The Morgan fingerprint density at radius 2 is 1.63 bits per heavy atom. The van der Waals surface area contributed by atoms with Crippen molar-refractivity contribution in [2.24, 2.45) is 23.2 Å². The highest BCUT2D eigenvalue weighted by Crippen LogP contribution is 2.60. The molecule has 3 rings (SSSR count). The lowest BCUT2D eigenvalue weighted by Gasteiger charge is -2.45. The molecular weight excluding hydrogens is 550 g/mol. The molecule has 0 amide bonds. The monoisotopic (exact) mass is 602 g/mol. The van der Waals surface area contributed by atoms with Crippen LogP contribution in [0, 0.1) is 23.2 Å². The molecule has 3 aliphatic rings. The van der Waals surface area contributed by atoms with E-state index in [-0.39, 0.29) is 37.2 Å². The third-order valence-corrected chi connectivity index (χ3v) is 9.46. The smallest absolute Gasteiger partial charge is 0.393 e. The van der Waals surface area contributed by atoms with Crippen LogP contribution >= 0.6 is 0 Å². The zero-order chi connectivity index (χ0) is 35.9. The number of aliphatic hydroxyl groups excluding tert-OH is 2. The molecule has 0 aromatic rings. The molecule has 0 aromatic carbocycles. The maximum Gasteiger partial charge on any atom is 0.429 e. The minimum absolute atomic E-state index is 0.0150. The standard InChI is InChI=1S/C31H46F6O4/c1-27(2,40)14-4-7-21(9-6-16-29(41,30(32,33)34)31(35,36)37)25-12-13-26-22(8-5-15-28(25,26)3)11-10-20-17-23(38)19-24(39)18-20/h6,10-11,16,21,23-26,38-41H,4-5,7-9,12-15,17-19H2,1-3H3/b16-6+,22-11+/t21-,23+,24+,25+,26-,28+/m0/s1/i1D3,2D3. The number of rotatable bonds is 9. The van der Waals surface area contributed by atoms with Crippen LogP contribution in [-0.4, -0.2) is 56.2 Å². The molecule has 0 unspecified atom stereocenters. The van der Waals surface area contributed by atoms with E-state index in [2.05, 4.69) is 0 Å². The van der Waals surface area contributed by atoms with E-state index in [0.29, 0.717) is 44.6 Å². The summed E-state index contributed by atoms with van der Waals surface area (Å²) in [7, 11) is 0. The third-order valence-electron chi connectivity index (χ3n) is 9.46. The number of aliphatic hydroxyl groups is 4. The maximum atomic E-state index is 13.4. The molecule has 0 radical (unpaired) electrons. The maximum absolute atomic E-state index is 13.4. The fourth-order valence-electron chi connectivity index (χ4n) is 7.45. The molecule has 4 N–H and O–H groups in total. The molecule has 6 atom stereocenters. The Hall–Kier alpha value is -1.36. The zero-order valence-corrected chi connectivity index (χ0v) is 23.2. The third kappa shape index (κ3) is 8.18. The van der Waals surface area contributed by atoms with Gasteiger partial charge in [0.25, 0.3) is 5.60 Å². The second-order valence-electron chi connectivity index (χ2n) is 12.5. The Labute approximate surface area is 247 Å². The van der Waals surface area contributed by atoms with E-state index in [1.54, 1.807) is 0 Å². The molecule has 3 fully saturated rings. The molecule has 0 spiro atoms. The Bertz CT molecular complexity index is 1140. The van der Waals surface area contributed by atoms with Crippen LogP contribution in [0.15, 0.2) is 35.5 Å². The zero-order valence-electron chi connectivity index (χ0n) is 29.2. The van der Waals surface area contributed by atoms with E-state index in [4.69, 9.17) is 8.22 Å². The summed E-state index contributed by atoms with van der Waals surface area (Å²) >= 11 is 0. The topological polar surface area (TPSA) is 80.9 Å². The number of hydrogen-bond acceptors (Lipinski definition) is 4. The van der Waals surface area contributed by atoms with Crippen LogP contribution in [0.3, 0.4) is 0 Å². The van der Waals surface area contributed by atoms with Crippen LogP contribution in [0.1, 0.15) is 106 Å². The van der Waals surface area contributed by atoms with Crippen molar-refractivity contribution in [1.82, 2.24) is 0 Å². The molecule has 4 nitrogen and oxygen atoms in total. The Morgan fingerprint density at radius 3 is 2.22 bits per heavy atom. The van der Waals surface area contributed by atoms with Crippen LogP contribution in [-0.2, 0) is 0 Å². The number of fused-ring (bicyclic) bond motifs is 1. The van der Waals surface area contributed by atoms with Gasteiger partial charge in [0.05, 0.1) is 17.8 Å². The molecule has 10 heteroatoms. The van der Waals surface area contributed by atoms with E-state index >= 15 is 0 Å². The first-order valence-electron chi connectivity index (χ1n) is 17.3. The van der Waals surface area contributed by atoms with Gasteiger partial charge in [0, 0.05) is 8.22 Å². The number of halogens is 6. The van der Waals surface area contributed by atoms with E-state index in [1.165, 1.54) is 0 Å². The Kier molecular flexibility index (Phi) is 8.08. The van der Waals surface area contributed by atoms with Crippen molar-refractivity contribution in [3.05, 3.63) is 35.5 Å². The van der Waals surface area contributed by atoms with Crippen LogP contribution in [0.2, 0.25) is 0 Å². The molecule has 0 aliphatic heterocycles. The first kappa shape index (κ1) is 26.1. The summed E-state index contributed by atoms with van der Waals surface area (Å²) < 4.78 is 126. The van der Waals surface area contributed by atoms with Gasteiger partial charge in [-0.3, -0.25) is 0 Å². The lowest BCUT2D eigenvalue weighted by Crippen LogP contribution is -2.55. The number of allylic oxidation sites excluding steroid dienone is 4. The van der Waals surface area contributed by atoms with Gasteiger partial charge in [-0.05, 0) is 114 Å². The normalized spacial score (nSPS) is 34.8. The molecule has 3 aliphatic carbocycles. The average molecular weight is 603 g/mol. The molecule has 236 valence electrons. The largest absolute Gasteiger partial charge is 0.429 e. The lowest BCUT2D eigenvalue weighted by molar-refractivity contribution is -0.347. The predicted molar refractivity (Wildman–Crippen MR) is 145 cm³/mol. The van der Waals surface area contributed by atoms with Gasteiger partial charge in [-0.25, -0.2) is 0 Å². The summed E-state index contributed by atoms with van der Waals surface area (Å²) in [5.41, 5.74) is -6.58. The quantitative estimate of drug-likeness (QED) is 0.165. The van der Waals surface area contributed by atoms with Crippen LogP contribution < -0.4 is 0 Å². The molecular formula is C31H46F6O4. The first-order chi connectivity index (χ1) is 21.3. The number of alkyl halides is 6. The van der Waals surface area contributed by atoms with Gasteiger partial charge < -0.3 is 20.4 Å². The summed E-state index contributed by atoms with van der Waals surface area (Å²) in [6.45, 7) is -4.55. The summed E-state index contributed by atoms with van der Waals surface area (Å²) in [4.78, 5) is 0. The Morgan fingerprint density at radius 1 is 1.00 bits per heavy atom. The molecule has 0 aromatic heterocycles. The highest BCUT2D eigenvalue weighted by Gasteiger charge is 2.69. The van der Waals surface area contributed by atoms with Crippen molar-refractivity contribution < 1.29 is 55.0 Å². The summed E-state index contributed by atoms with van der Waals surface area (Å²) in [5, 5.41) is 40.5. The van der Waals surface area contributed by atoms with Crippen molar-refractivity contribution in [3.8, 4) is 0 Å². The van der Waals surface area contributed by atoms with Crippen LogP contribution in [0.5, 0.6) is 0 Å². The minimum atomic E-state index is -6.04. The van der Waals surface area contributed by atoms with Crippen LogP contribution in [0.25, 0.3) is 0 Å². The highest BCUT2D eigenvalue weighted by molar-refractivity contribution is 5.26. The van der Waals surface area contributed by atoms with E-state index in [9.17, 15) is 46.8 Å². The number of hydrogen-bond donors (Lipinski definition) is 4. The highest BCUT2D eigenvalue weighted by atomic mass is 19.4. The van der Waals surface area contributed by atoms with Gasteiger partial charge in [-0.15, -0.1) is 0 Å². The summed E-state index contributed by atoms with van der Waals surface area (Å²) in [5.74, 6) is -0.858. The van der Waals surface area contributed by atoms with E-state index in [1.807, 2.05) is 19.1 Å². The van der Waals surface area contributed by atoms with Crippen molar-refractivity contribution in [2.45, 2.75) is 133 Å². The van der Waals surface area contributed by atoms with E-state index < -0.39 is 67.2 Å². The lowest BCUT2D eigenvalue weighted by atomic mass is 9.60. The molecule has 3 saturated carbocycles. The van der Waals surface area contributed by atoms with Crippen molar-refractivity contribution in [1.29, 1.82) is 0 Å². The van der Waals surface area contributed by atoms with Crippen LogP contribution in [0.4, 0.5) is 26.3 Å². The fourth-order valence-corrected chi connectivity index (χ4v) is 7.45. The van der Waals surface area contributed by atoms with E-state index in [0.717, 1.165) is 24.0 Å².